The molecule has 7 aromatic rings. The van der Waals surface area contributed by atoms with Crippen LogP contribution in [0.4, 0.5) is 5.69 Å². The van der Waals surface area contributed by atoms with Crippen LogP contribution in [0.15, 0.2) is 72.6 Å². The fourth-order valence-corrected chi connectivity index (χ4v) is 6.81. The molecule has 0 aliphatic heterocycles. The molecule has 1 amide bonds. The second kappa shape index (κ2) is 19.9. The van der Waals surface area contributed by atoms with Crippen molar-refractivity contribution in [2.45, 2.75) is 86.5 Å². The number of carbonyl (C=O) groups excluding carboxylic acids is 2. The van der Waals surface area contributed by atoms with E-state index in [-0.39, 0.29) is 52.8 Å². The van der Waals surface area contributed by atoms with E-state index in [1.165, 1.54) is 35.2 Å². The molecule has 0 aliphatic carbocycles. The number of anilines is 1. The van der Waals surface area contributed by atoms with Gasteiger partial charge in [-0.25, -0.2) is 24.4 Å². The highest BCUT2D eigenvalue weighted by molar-refractivity contribution is 5.93. The fraction of sp³-hybridized carbons (Fsp3) is 0.381. The van der Waals surface area contributed by atoms with Crippen molar-refractivity contribution in [3.63, 3.8) is 0 Å². The van der Waals surface area contributed by atoms with Crippen molar-refractivity contribution >= 4 is 39.9 Å². The Kier molecular flexibility index (Phi) is 14.2. The largest absolute Gasteiger partial charge is 0.466 e. The zero-order chi connectivity index (χ0) is 45.4. The van der Waals surface area contributed by atoms with Gasteiger partial charge in [-0.3, -0.25) is 42.1 Å². The zero-order valence-electron chi connectivity index (χ0n) is 35.9. The highest BCUT2D eigenvalue weighted by Gasteiger charge is 2.21. The summed E-state index contributed by atoms with van der Waals surface area (Å²) in [5.74, 6) is 0.104. The minimum Gasteiger partial charge on any atom is -0.466 e. The first-order valence-corrected chi connectivity index (χ1v) is 20.7. The molecule has 332 valence electrons. The molecule has 0 aliphatic rings. The van der Waals surface area contributed by atoms with Crippen molar-refractivity contribution in [2.24, 2.45) is 7.05 Å². The van der Waals surface area contributed by atoms with E-state index in [2.05, 4.69) is 35.3 Å². The van der Waals surface area contributed by atoms with Gasteiger partial charge in [-0.2, -0.15) is 0 Å². The topological polar surface area (TPSA) is 261 Å². The van der Waals surface area contributed by atoms with Crippen molar-refractivity contribution in [3.8, 4) is 28.8 Å². The van der Waals surface area contributed by atoms with Crippen LogP contribution in [0.2, 0.25) is 0 Å². The Labute approximate surface area is 358 Å². The third-order valence-electron chi connectivity index (χ3n) is 9.70. The smallest absolute Gasteiger partial charge is 0.338 e. The number of amides is 1. The van der Waals surface area contributed by atoms with E-state index < -0.39 is 17.4 Å². The number of aromatic nitrogens is 11. The molecule has 0 unspecified atom stereocenters. The van der Waals surface area contributed by atoms with Gasteiger partial charge in [0.25, 0.3) is 17.0 Å². The van der Waals surface area contributed by atoms with Gasteiger partial charge in [-0.15, -0.1) is 5.10 Å². The zero-order valence-corrected chi connectivity index (χ0v) is 35.9. The number of carbonyl (C=O) groups is 2. The Hall–Kier alpha value is -7.58. The summed E-state index contributed by atoms with van der Waals surface area (Å²) < 4.78 is 17.5. The minimum atomic E-state index is -0.436. The Morgan fingerprint density at radius 2 is 1.24 bits per heavy atom. The van der Waals surface area contributed by atoms with E-state index >= 15 is 0 Å². The molecule has 21 heteroatoms. The molecular weight excluding hydrogens is 817 g/mol. The molecule has 21 nitrogen and oxygen atoms in total. The summed E-state index contributed by atoms with van der Waals surface area (Å²) in [7, 11) is 1.68. The number of hydrogen-bond donors (Lipinski definition) is 4. The number of imidazole rings is 2. The molecular formula is C42H50N12O9. The number of esters is 1. The van der Waals surface area contributed by atoms with Crippen LogP contribution < -0.4 is 38.1 Å². The van der Waals surface area contributed by atoms with Crippen LogP contribution in [0.1, 0.15) is 70.7 Å². The number of nitrogens with zero attached hydrogens (tertiary/aromatic N) is 8. The maximum atomic E-state index is 13.0. The first-order valence-electron chi connectivity index (χ1n) is 20.7. The lowest BCUT2D eigenvalue weighted by atomic mass is 10.2. The third kappa shape index (κ3) is 9.66. The van der Waals surface area contributed by atoms with Gasteiger partial charge >= 0.3 is 17.3 Å². The number of nitrogens with one attached hydrogen (secondary N) is 4. The van der Waals surface area contributed by atoms with Gasteiger partial charge in [-0.05, 0) is 62.9 Å². The molecule has 0 saturated heterocycles. The second-order valence-corrected chi connectivity index (χ2v) is 14.4. The molecule has 6 aromatic heterocycles. The molecule has 7 rings (SSSR count). The number of ether oxygens (including phenoxy) is 2. The number of rotatable bonds is 16. The predicted molar refractivity (Wildman–Crippen MR) is 235 cm³/mol. The normalized spacial score (nSPS) is 11.1. The summed E-state index contributed by atoms with van der Waals surface area (Å²) in [6.07, 6.45) is 4.30. The van der Waals surface area contributed by atoms with Crippen molar-refractivity contribution in [2.75, 3.05) is 18.5 Å². The van der Waals surface area contributed by atoms with Crippen LogP contribution in [0, 0.1) is 0 Å². The maximum absolute atomic E-state index is 13.0. The molecule has 0 saturated carbocycles. The number of pyridine rings is 1. The first-order chi connectivity index (χ1) is 30.3. The summed E-state index contributed by atoms with van der Waals surface area (Å²) >= 11 is 0. The van der Waals surface area contributed by atoms with Gasteiger partial charge in [0.05, 0.1) is 12.2 Å². The van der Waals surface area contributed by atoms with E-state index in [0.29, 0.717) is 90.8 Å². The molecule has 6 heterocycles. The summed E-state index contributed by atoms with van der Waals surface area (Å²) in [6.45, 7) is 11.0. The van der Waals surface area contributed by atoms with E-state index in [1.807, 2.05) is 27.7 Å². The molecule has 63 heavy (non-hydrogen) atoms. The van der Waals surface area contributed by atoms with Crippen LogP contribution in [0.3, 0.4) is 0 Å². The van der Waals surface area contributed by atoms with E-state index in [0.717, 1.165) is 6.42 Å². The number of fused-ring (bicyclic) bond motifs is 2. The Balaban J connectivity index is 0.000000235. The van der Waals surface area contributed by atoms with Crippen LogP contribution in [0.5, 0.6) is 5.88 Å². The Morgan fingerprint density at radius 3 is 1.76 bits per heavy atom. The predicted octanol–water partition coefficient (Wildman–Crippen LogP) is 3.36. The average Bonchev–Trinajstić information content (AvgIpc) is 4.02. The molecule has 0 radical (unpaired) electrons. The molecule has 0 atom stereocenters. The van der Waals surface area contributed by atoms with Crippen molar-refractivity contribution in [1.29, 1.82) is 0 Å². The first kappa shape index (κ1) is 45.0. The van der Waals surface area contributed by atoms with E-state index in [1.54, 1.807) is 50.4 Å². The average molecular weight is 867 g/mol. The summed E-state index contributed by atoms with van der Waals surface area (Å²) in [5, 5.41) is 6.97. The van der Waals surface area contributed by atoms with Crippen LogP contribution >= 0.6 is 0 Å². The fourth-order valence-electron chi connectivity index (χ4n) is 6.81. The number of benzene rings is 1. The van der Waals surface area contributed by atoms with E-state index in [4.69, 9.17) is 9.47 Å². The van der Waals surface area contributed by atoms with Crippen LogP contribution in [-0.4, -0.2) is 78.1 Å². The lowest BCUT2D eigenvalue weighted by molar-refractivity contribution is -0.118. The summed E-state index contributed by atoms with van der Waals surface area (Å²) in [5.41, 5.74) is 1.47. The third-order valence-corrected chi connectivity index (χ3v) is 9.70. The van der Waals surface area contributed by atoms with Gasteiger partial charge in [0.15, 0.2) is 23.7 Å². The van der Waals surface area contributed by atoms with Crippen LogP contribution in [-0.2, 0) is 42.8 Å². The highest BCUT2D eigenvalue weighted by Crippen LogP contribution is 2.23. The van der Waals surface area contributed by atoms with Gasteiger partial charge in [0, 0.05) is 62.8 Å². The number of H-pyrrole nitrogens is 3. The number of hydrogen-bond acceptors (Lipinski definition) is 12. The molecule has 0 spiro atoms. The monoisotopic (exact) mass is 866 g/mol. The Bertz CT molecular complexity index is 3050. The minimum absolute atomic E-state index is 0.176. The highest BCUT2D eigenvalue weighted by atomic mass is 16.5. The molecule has 4 N–H and O–H groups in total. The number of aryl methyl sites for hydroxylation is 3. The summed E-state index contributed by atoms with van der Waals surface area (Å²) in [6, 6.07) is 10.9. The van der Waals surface area contributed by atoms with E-state index in [9.17, 15) is 33.6 Å². The van der Waals surface area contributed by atoms with Gasteiger partial charge < -0.3 is 29.7 Å². The van der Waals surface area contributed by atoms with Gasteiger partial charge in [0.1, 0.15) is 22.6 Å². The molecule has 0 fully saturated rings. The quantitative estimate of drug-likeness (QED) is 0.102. The number of aromatic amines is 3. The Morgan fingerprint density at radius 1 is 0.698 bits per heavy atom. The maximum Gasteiger partial charge on any atom is 0.338 e. The van der Waals surface area contributed by atoms with Gasteiger partial charge in [0.2, 0.25) is 11.4 Å². The standard InChI is InChI=1S/C26H31N7O6.C16H19N5O3/c1-5-12-32-23-21(24(35)33(13-6-2)26(32)37)28-22(29-23)18-14-20(30-31(18)4)39-15-19(34)27-17-10-8-16(9-11-17)25(36)38-7-3;1-3-7-20-14-12(15(23)21(8-4-2)16(20)24)18-13(19-14)10-5-6-11(22)17-9-10/h8-11,14H,5-7,12-13,15H2,1-4H3,(H,27,34)(H,28,29);5-6,9H,3-4,7-8H2,1-2H3,(H,17,22)(H,18,19). The molecule has 0 bridgehead atoms. The van der Waals surface area contributed by atoms with Crippen molar-refractivity contribution in [3.05, 3.63) is 106 Å². The lowest BCUT2D eigenvalue weighted by Crippen LogP contribution is -2.40. The lowest BCUT2D eigenvalue weighted by Gasteiger charge is -2.09. The van der Waals surface area contributed by atoms with Gasteiger partial charge in [-0.1, -0.05) is 27.7 Å². The second-order valence-electron chi connectivity index (χ2n) is 14.4. The SMILES string of the molecule is CCCn1c(=O)c2[nH]c(-c3cc(OCC(=O)Nc4ccc(C(=O)OCC)cc4)nn3C)nc2n(CCC)c1=O.CCCn1c(=O)c2[nH]c(-c3ccc(=O)[nH]c3)nc2n(CCC)c1=O. The van der Waals surface area contributed by atoms with Crippen molar-refractivity contribution in [1.82, 2.24) is 53.0 Å². The van der Waals surface area contributed by atoms with Crippen molar-refractivity contribution < 1.29 is 19.1 Å². The molecule has 1 aromatic carbocycles. The van der Waals surface area contributed by atoms with Crippen LogP contribution in [0.25, 0.3) is 45.2 Å². The summed E-state index contributed by atoms with van der Waals surface area (Å²) in [4.78, 5) is 104.